The molecule has 0 unspecified atom stereocenters. The highest BCUT2D eigenvalue weighted by molar-refractivity contribution is 5.94. The van der Waals surface area contributed by atoms with Crippen LogP contribution in [0.1, 0.15) is 23.2 Å². The topological polar surface area (TPSA) is 80.2 Å². The molecule has 1 N–H and O–H groups in total. The Morgan fingerprint density at radius 2 is 2.17 bits per heavy atom. The summed E-state index contributed by atoms with van der Waals surface area (Å²) in [5.74, 6) is 0.635. The molecule has 2 aromatic rings. The van der Waals surface area contributed by atoms with Gasteiger partial charge in [0.25, 0.3) is 5.91 Å². The number of aromatic nitrogens is 3. The third kappa shape index (κ3) is 2.94. The Kier molecular flexibility index (Phi) is 3.86. The maximum absolute atomic E-state index is 12.6. The summed E-state index contributed by atoms with van der Waals surface area (Å²) in [6.07, 6.45) is 8.41. The van der Waals surface area contributed by atoms with Crippen molar-refractivity contribution in [3.63, 3.8) is 0 Å². The van der Waals surface area contributed by atoms with E-state index in [1.54, 1.807) is 43.0 Å². The van der Waals surface area contributed by atoms with E-state index < -0.39 is 0 Å². The number of carbonyl (C=O) groups excluding carboxylic acids is 1. The van der Waals surface area contributed by atoms with Crippen molar-refractivity contribution in [2.24, 2.45) is 0 Å². The van der Waals surface area contributed by atoms with Gasteiger partial charge in [-0.25, -0.2) is 9.97 Å². The Labute approximate surface area is 140 Å². The summed E-state index contributed by atoms with van der Waals surface area (Å²) >= 11 is 0. The van der Waals surface area contributed by atoms with E-state index in [0.29, 0.717) is 31.2 Å². The molecule has 2 aromatic heterocycles. The van der Waals surface area contributed by atoms with Crippen molar-refractivity contribution in [2.75, 3.05) is 25.0 Å². The number of pyridine rings is 1. The lowest BCUT2D eigenvalue weighted by Crippen LogP contribution is -2.36. The molecule has 2 saturated heterocycles. The van der Waals surface area contributed by atoms with Crippen LogP contribution in [0.2, 0.25) is 0 Å². The molecule has 0 radical (unpaired) electrons. The van der Waals surface area contributed by atoms with Crippen LogP contribution in [0.3, 0.4) is 0 Å². The van der Waals surface area contributed by atoms with Crippen LogP contribution in [-0.2, 0) is 4.74 Å². The van der Waals surface area contributed by atoms with Crippen LogP contribution >= 0.6 is 0 Å². The lowest BCUT2D eigenvalue weighted by Gasteiger charge is -2.23. The number of carbonyl (C=O) groups is 1. The Morgan fingerprint density at radius 1 is 1.29 bits per heavy atom. The summed E-state index contributed by atoms with van der Waals surface area (Å²) in [5.41, 5.74) is 0.365. The van der Waals surface area contributed by atoms with Gasteiger partial charge in [0.05, 0.1) is 30.4 Å². The zero-order valence-corrected chi connectivity index (χ0v) is 13.3. The number of ether oxygens (including phenoxy) is 1. The van der Waals surface area contributed by atoms with Crippen LogP contribution in [0.5, 0.6) is 0 Å². The third-order valence-corrected chi connectivity index (χ3v) is 4.62. The number of likely N-dealkylation sites (tertiary alicyclic amines) is 1. The van der Waals surface area contributed by atoms with Gasteiger partial charge in [0.15, 0.2) is 0 Å². The van der Waals surface area contributed by atoms with Crippen molar-refractivity contribution in [2.45, 2.75) is 24.5 Å². The number of rotatable bonds is 3. The molecule has 2 atom stereocenters. The summed E-state index contributed by atoms with van der Waals surface area (Å²) < 4.78 is 6.07. The minimum atomic E-state index is -0.260. The summed E-state index contributed by atoms with van der Waals surface area (Å²) in [6, 6.07) is 5.54. The standard InChI is InChI=1S/C17H19N5O2/c23-15(13-3-1-5-18-10-13)22-8-4-17(12-22)9-14(11-24-17)21-16-19-6-2-7-20-16/h1-3,5-7,10,14H,4,8-9,11-12H2,(H,19,20,21)/t14-,17+/m1/s1. The molecule has 4 heterocycles. The van der Waals surface area contributed by atoms with Gasteiger partial charge in [0, 0.05) is 37.8 Å². The van der Waals surface area contributed by atoms with Crippen molar-refractivity contribution in [3.05, 3.63) is 48.5 Å². The Bertz CT molecular complexity index is 711. The van der Waals surface area contributed by atoms with Gasteiger partial charge in [0.2, 0.25) is 5.95 Å². The third-order valence-electron chi connectivity index (χ3n) is 4.62. The highest BCUT2D eigenvalue weighted by Gasteiger charge is 2.47. The zero-order valence-electron chi connectivity index (χ0n) is 13.3. The van der Waals surface area contributed by atoms with Gasteiger partial charge in [-0.05, 0) is 24.6 Å². The van der Waals surface area contributed by atoms with Crippen LogP contribution in [0.25, 0.3) is 0 Å². The second kappa shape index (κ2) is 6.16. The SMILES string of the molecule is O=C(c1cccnc1)N1CC[C@]2(C[C@@H](Nc3ncccn3)CO2)C1. The molecule has 2 fully saturated rings. The Hall–Kier alpha value is -2.54. The molecule has 0 aliphatic carbocycles. The fourth-order valence-electron chi connectivity index (χ4n) is 3.47. The van der Waals surface area contributed by atoms with Crippen molar-refractivity contribution in [1.29, 1.82) is 0 Å². The van der Waals surface area contributed by atoms with E-state index >= 15 is 0 Å². The van der Waals surface area contributed by atoms with Crippen molar-refractivity contribution >= 4 is 11.9 Å². The molecule has 0 aromatic carbocycles. The van der Waals surface area contributed by atoms with Crippen molar-refractivity contribution in [3.8, 4) is 0 Å². The molecule has 2 aliphatic heterocycles. The smallest absolute Gasteiger partial charge is 0.255 e. The largest absolute Gasteiger partial charge is 0.371 e. The summed E-state index contributed by atoms with van der Waals surface area (Å²) in [7, 11) is 0. The number of nitrogens with zero attached hydrogens (tertiary/aromatic N) is 4. The van der Waals surface area contributed by atoms with Crippen LogP contribution in [0.4, 0.5) is 5.95 Å². The van der Waals surface area contributed by atoms with Gasteiger partial charge in [-0.2, -0.15) is 0 Å². The normalized spacial score (nSPS) is 26.0. The maximum Gasteiger partial charge on any atom is 0.255 e. The minimum absolute atomic E-state index is 0.0198. The predicted octanol–water partition coefficient (Wildman–Crippen LogP) is 1.36. The fourth-order valence-corrected chi connectivity index (χ4v) is 3.47. The van der Waals surface area contributed by atoms with E-state index in [1.807, 2.05) is 4.90 Å². The van der Waals surface area contributed by atoms with Gasteiger partial charge >= 0.3 is 0 Å². The average Bonchev–Trinajstić information content (AvgIpc) is 3.23. The first-order chi connectivity index (χ1) is 11.7. The van der Waals surface area contributed by atoms with E-state index in [9.17, 15) is 4.79 Å². The number of hydrogen-bond donors (Lipinski definition) is 1. The second-order valence-electron chi connectivity index (χ2n) is 6.33. The fraction of sp³-hybridized carbons (Fsp3) is 0.412. The molecule has 0 bridgehead atoms. The molecule has 2 aliphatic rings. The Morgan fingerprint density at radius 3 is 2.96 bits per heavy atom. The van der Waals surface area contributed by atoms with E-state index in [1.165, 1.54) is 0 Å². The molecule has 0 saturated carbocycles. The summed E-state index contributed by atoms with van der Waals surface area (Å²) in [4.78, 5) is 26.8. The minimum Gasteiger partial charge on any atom is -0.371 e. The molecule has 124 valence electrons. The first kappa shape index (κ1) is 15.0. The lowest BCUT2D eigenvalue weighted by atomic mass is 9.97. The lowest BCUT2D eigenvalue weighted by molar-refractivity contribution is 0.0125. The zero-order chi connectivity index (χ0) is 16.4. The molecule has 1 spiro atoms. The molecule has 7 heteroatoms. The average molecular weight is 325 g/mol. The van der Waals surface area contributed by atoms with E-state index in [4.69, 9.17) is 4.74 Å². The molecule has 1 amide bonds. The molecule has 24 heavy (non-hydrogen) atoms. The van der Waals surface area contributed by atoms with Crippen molar-refractivity contribution < 1.29 is 9.53 Å². The summed E-state index contributed by atoms with van der Waals surface area (Å²) in [5, 5.41) is 3.31. The quantitative estimate of drug-likeness (QED) is 0.918. The van der Waals surface area contributed by atoms with Gasteiger partial charge in [-0.15, -0.1) is 0 Å². The number of nitrogens with one attached hydrogen (secondary N) is 1. The Balaban J connectivity index is 1.39. The first-order valence-corrected chi connectivity index (χ1v) is 8.11. The number of anilines is 1. The van der Waals surface area contributed by atoms with E-state index in [0.717, 1.165) is 12.8 Å². The predicted molar refractivity (Wildman–Crippen MR) is 87.5 cm³/mol. The summed E-state index contributed by atoms with van der Waals surface area (Å²) in [6.45, 7) is 1.93. The highest BCUT2D eigenvalue weighted by Crippen LogP contribution is 2.36. The van der Waals surface area contributed by atoms with Crippen LogP contribution in [0.15, 0.2) is 43.0 Å². The number of amides is 1. The highest BCUT2D eigenvalue weighted by atomic mass is 16.5. The van der Waals surface area contributed by atoms with Gasteiger partial charge in [-0.3, -0.25) is 9.78 Å². The molecule has 7 nitrogen and oxygen atoms in total. The number of hydrogen-bond acceptors (Lipinski definition) is 6. The van der Waals surface area contributed by atoms with Crippen LogP contribution in [0, 0.1) is 0 Å². The first-order valence-electron chi connectivity index (χ1n) is 8.11. The molecular formula is C17H19N5O2. The maximum atomic E-state index is 12.6. The van der Waals surface area contributed by atoms with E-state index in [2.05, 4.69) is 20.3 Å². The van der Waals surface area contributed by atoms with Gasteiger partial charge < -0.3 is 15.0 Å². The molecular weight excluding hydrogens is 306 g/mol. The van der Waals surface area contributed by atoms with Crippen LogP contribution < -0.4 is 5.32 Å². The second-order valence-corrected chi connectivity index (χ2v) is 6.33. The van der Waals surface area contributed by atoms with Gasteiger partial charge in [0.1, 0.15) is 0 Å². The molecule has 4 rings (SSSR count). The van der Waals surface area contributed by atoms with Crippen molar-refractivity contribution in [1.82, 2.24) is 19.9 Å². The van der Waals surface area contributed by atoms with Crippen LogP contribution in [-0.4, -0.2) is 57.1 Å². The van der Waals surface area contributed by atoms with Gasteiger partial charge in [-0.1, -0.05) is 0 Å². The monoisotopic (exact) mass is 325 g/mol. The van der Waals surface area contributed by atoms with E-state index in [-0.39, 0.29) is 17.6 Å².